The molecule has 2 fully saturated rings. The number of aromatic nitrogens is 4. The Hall–Kier alpha value is -3.93. The van der Waals surface area contributed by atoms with Crippen molar-refractivity contribution in [3.8, 4) is 11.5 Å². The molecule has 9 nitrogen and oxygen atoms in total. The Kier molecular flexibility index (Phi) is 5.42. The van der Waals surface area contributed by atoms with Crippen molar-refractivity contribution in [3.05, 3.63) is 60.2 Å². The van der Waals surface area contributed by atoms with Crippen LogP contribution in [0.5, 0.6) is 0 Å². The SMILES string of the molecule is [C-]#[N+]C1CCN(c2ccc(N3CCN(c4cccc(-c5nncn5C(C)C)n4)C3=O)cc2)C1. The molecule has 9 heteroatoms. The molecule has 2 aliphatic rings. The molecular weight excluding hydrogens is 416 g/mol. The quantitative estimate of drug-likeness (QED) is 0.561. The molecule has 0 aliphatic carbocycles. The van der Waals surface area contributed by atoms with Gasteiger partial charge in [0, 0.05) is 43.5 Å². The molecule has 3 aromatic rings. The lowest BCUT2D eigenvalue weighted by Crippen LogP contribution is -2.32. The number of carbonyl (C=O) groups is 1. The summed E-state index contributed by atoms with van der Waals surface area (Å²) in [5, 5.41) is 8.25. The van der Waals surface area contributed by atoms with Crippen molar-refractivity contribution < 1.29 is 4.79 Å². The van der Waals surface area contributed by atoms with Crippen molar-refractivity contribution in [1.29, 1.82) is 0 Å². The average Bonchev–Trinajstić information content (AvgIpc) is 3.59. The Morgan fingerprint density at radius 3 is 2.52 bits per heavy atom. The van der Waals surface area contributed by atoms with Crippen LogP contribution in [0.3, 0.4) is 0 Å². The lowest BCUT2D eigenvalue weighted by atomic mass is 10.2. The van der Waals surface area contributed by atoms with Gasteiger partial charge in [0.25, 0.3) is 0 Å². The molecule has 2 amide bonds. The molecule has 168 valence electrons. The molecule has 33 heavy (non-hydrogen) atoms. The molecule has 1 atom stereocenters. The third kappa shape index (κ3) is 3.89. The van der Waals surface area contributed by atoms with E-state index < -0.39 is 0 Å². The summed E-state index contributed by atoms with van der Waals surface area (Å²) in [7, 11) is 0. The number of rotatable bonds is 5. The van der Waals surface area contributed by atoms with Gasteiger partial charge in [0.2, 0.25) is 6.04 Å². The van der Waals surface area contributed by atoms with E-state index >= 15 is 0 Å². The monoisotopic (exact) mass is 442 g/mol. The van der Waals surface area contributed by atoms with Gasteiger partial charge in [-0.1, -0.05) is 6.07 Å². The Labute approximate surface area is 193 Å². The van der Waals surface area contributed by atoms with Gasteiger partial charge < -0.3 is 14.3 Å². The van der Waals surface area contributed by atoms with Gasteiger partial charge in [-0.3, -0.25) is 9.80 Å². The maximum atomic E-state index is 13.2. The number of hydrogen-bond donors (Lipinski definition) is 0. The predicted octanol–water partition coefficient (Wildman–Crippen LogP) is 3.87. The topological polar surface area (TPSA) is 74.8 Å². The molecule has 0 N–H and O–H groups in total. The molecule has 1 unspecified atom stereocenters. The Balaban J connectivity index is 1.33. The van der Waals surface area contributed by atoms with Gasteiger partial charge in [0.1, 0.15) is 17.8 Å². The van der Waals surface area contributed by atoms with E-state index in [0.717, 1.165) is 30.9 Å². The van der Waals surface area contributed by atoms with Gasteiger partial charge in [-0.05, 0) is 50.2 Å². The van der Waals surface area contributed by atoms with Crippen LogP contribution in [0.15, 0.2) is 48.8 Å². The Morgan fingerprint density at radius 1 is 1.03 bits per heavy atom. The fourth-order valence-corrected chi connectivity index (χ4v) is 4.42. The number of pyridine rings is 1. The first kappa shape index (κ1) is 20.9. The minimum absolute atomic E-state index is 0.0797. The first-order valence-electron chi connectivity index (χ1n) is 11.2. The largest absolute Gasteiger partial charge is 0.363 e. The predicted molar refractivity (Wildman–Crippen MR) is 127 cm³/mol. The summed E-state index contributed by atoms with van der Waals surface area (Å²) in [6.45, 7) is 14.2. The molecule has 1 aromatic carbocycles. The first-order valence-corrected chi connectivity index (χ1v) is 11.2. The van der Waals surface area contributed by atoms with Gasteiger partial charge in [-0.25, -0.2) is 16.4 Å². The van der Waals surface area contributed by atoms with Crippen LogP contribution in [0.1, 0.15) is 26.3 Å². The summed E-state index contributed by atoms with van der Waals surface area (Å²) in [6.07, 6.45) is 2.61. The fourth-order valence-electron chi connectivity index (χ4n) is 4.42. The highest BCUT2D eigenvalue weighted by atomic mass is 16.2. The van der Waals surface area contributed by atoms with E-state index in [9.17, 15) is 4.79 Å². The van der Waals surface area contributed by atoms with Gasteiger partial charge in [-0.15, -0.1) is 10.2 Å². The van der Waals surface area contributed by atoms with E-state index in [2.05, 4.69) is 33.8 Å². The second-order valence-electron chi connectivity index (χ2n) is 8.66. The van der Waals surface area contributed by atoms with Crippen molar-refractivity contribution in [2.24, 2.45) is 0 Å². The van der Waals surface area contributed by atoms with Crippen LogP contribution in [0.4, 0.5) is 22.0 Å². The van der Waals surface area contributed by atoms with Crippen molar-refractivity contribution >= 4 is 23.2 Å². The summed E-state index contributed by atoms with van der Waals surface area (Å²) >= 11 is 0. The lowest BCUT2D eigenvalue weighted by molar-refractivity contribution is 0.255. The molecule has 0 saturated carbocycles. The zero-order valence-corrected chi connectivity index (χ0v) is 18.8. The maximum Gasteiger partial charge on any atom is 0.330 e. The summed E-state index contributed by atoms with van der Waals surface area (Å²) in [5.74, 6) is 1.30. The lowest BCUT2D eigenvalue weighted by Gasteiger charge is -2.21. The number of urea groups is 1. The number of amides is 2. The molecule has 0 radical (unpaired) electrons. The normalized spacial score (nSPS) is 18.4. The third-order valence-corrected chi connectivity index (χ3v) is 6.25. The van der Waals surface area contributed by atoms with Gasteiger partial charge in [-0.2, -0.15) is 0 Å². The average molecular weight is 443 g/mol. The summed E-state index contributed by atoms with van der Waals surface area (Å²) in [6, 6.07) is 13.9. The number of carbonyl (C=O) groups excluding carboxylic acids is 1. The molecule has 2 saturated heterocycles. The van der Waals surface area contributed by atoms with Crippen LogP contribution < -0.4 is 14.7 Å². The summed E-state index contributed by atoms with van der Waals surface area (Å²) in [4.78, 5) is 27.3. The zero-order valence-electron chi connectivity index (χ0n) is 18.8. The van der Waals surface area contributed by atoms with Gasteiger partial charge >= 0.3 is 6.03 Å². The van der Waals surface area contributed by atoms with E-state index in [4.69, 9.17) is 11.6 Å². The Morgan fingerprint density at radius 2 is 1.79 bits per heavy atom. The molecule has 0 spiro atoms. The molecule has 2 aliphatic heterocycles. The van der Waals surface area contributed by atoms with Gasteiger partial charge in [0.05, 0.1) is 6.54 Å². The van der Waals surface area contributed by atoms with E-state index in [1.165, 1.54) is 0 Å². The van der Waals surface area contributed by atoms with Gasteiger partial charge in [0.15, 0.2) is 5.82 Å². The van der Waals surface area contributed by atoms with Crippen LogP contribution >= 0.6 is 0 Å². The van der Waals surface area contributed by atoms with Crippen molar-refractivity contribution in [1.82, 2.24) is 19.7 Å². The summed E-state index contributed by atoms with van der Waals surface area (Å²) in [5.41, 5.74) is 2.65. The Bertz CT molecular complexity index is 1200. The van der Waals surface area contributed by atoms with Crippen LogP contribution in [0, 0.1) is 6.57 Å². The van der Waals surface area contributed by atoms with Crippen LogP contribution in [0.25, 0.3) is 16.4 Å². The van der Waals surface area contributed by atoms with Crippen molar-refractivity contribution in [2.75, 3.05) is 40.9 Å². The van der Waals surface area contributed by atoms with Crippen LogP contribution in [-0.4, -0.2) is 58.0 Å². The molecule has 4 heterocycles. The third-order valence-electron chi connectivity index (χ3n) is 6.25. The van der Waals surface area contributed by atoms with E-state index in [1.54, 1.807) is 16.1 Å². The number of anilines is 3. The highest BCUT2D eigenvalue weighted by Gasteiger charge is 2.32. The molecule has 5 rings (SSSR count). The zero-order chi connectivity index (χ0) is 22.9. The maximum absolute atomic E-state index is 13.2. The number of hydrogen-bond acceptors (Lipinski definition) is 5. The van der Waals surface area contributed by atoms with Crippen molar-refractivity contribution in [2.45, 2.75) is 32.4 Å². The highest BCUT2D eigenvalue weighted by Crippen LogP contribution is 2.29. The van der Waals surface area contributed by atoms with Crippen LogP contribution in [0.2, 0.25) is 0 Å². The minimum Gasteiger partial charge on any atom is -0.363 e. The van der Waals surface area contributed by atoms with Crippen LogP contribution in [-0.2, 0) is 0 Å². The number of benzene rings is 1. The minimum atomic E-state index is -0.0908. The summed E-state index contributed by atoms with van der Waals surface area (Å²) < 4.78 is 1.96. The standard InChI is InChI=1S/C24H26N8O/c1-17(2)32-16-26-28-23(32)21-5-4-6-22(27-21)31-14-13-30(24(31)33)20-9-7-19(8-10-20)29-12-11-18(15-29)25-3/h4-10,16-18H,11-15H2,1-2H3. The molecular formula is C24H26N8O. The van der Waals surface area contributed by atoms with E-state index in [0.29, 0.717) is 30.4 Å². The second-order valence-corrected chi connectivity index (χ2v) is 8.66. The first-order chi connectivity index (χ1) is 16.0. The van der Waals surface area contributed by atoms with Crippen molar-refractivity contribution in [3.63, 3.8) is 0 Å². The smallest absolute Gasteiger partial charge is 0.330 e. The fraction of sp³-hybridized carbons (Fsp3) is 0.375. The highest BCUT2D eigenvalue weighted by molar-refractivity contribution is 6.05. The van der Waals surface area contributed by atoms with E-state index in [1.807, 2.05) is 47.0 Å². The number of nitrogens with zero attached hydrogens (tertiary/aromatic N) is 8. The molecule has 0 bridgehead atoms. The molecule has 2 aromatic heterocycles. The van der Waals surface area contributed by atoms with E-state index in [-0.39, 0.29) is 18.1 Å². The second kappa shape index (κ2) is 8.54.